The smallest absolute Gasteiger partial charge is 0.266 e. The molecule has 0 aliphatic carbocycles. The first-order chi connectivity index (χ1) is 11.4. The number of amidine groups is 1. The predicted octanol–water partition coefficient (Wildman–Crippen LogP) is 4.29. The standard InChI is InChI=1S/C16H13Cl3N2O2S/c17-12-9-14(19)15(10-13(12)18)24(22,23)21-7-6-20-16(21)8-11-4-2-1-3-5-11/h1-5,9-10H,6-8H2. The van der Waals surface area contributed by atoms with E-state index in [0.29, 0.717) is 18.8 Å². The summed E-state index contributed by atoms with van der Waals surface area (Å²) in [7, 11) is -3.85. The normalized spacial score (nSPS) is 14.8. The minimum atomic E-state index is -3.85. The average Bonchev–Trinajstić information content (AvgIpc) is 3.00. The molecule has 2 aromatic rings. The maximum Gasteiger partial charge on any atom is 0.266 e. The summed E-state index contributed by atoms with van der Waals surface area (Å²) in [4.78, 5) is 4.27. The molecule has 126 valence electrons. The molecule has 0 fully saturated rings. The zero-order valence-electron chi connectivity index (χ0n) is 12.4. The Labute approximate surface area is 155 Å². The third-order valence-electron chi connectivity index (χ3n) is 3.63. The molecule has 0 unspecified atom stereocenters. The molecule has 0 saturated carbocycles. The lowest BCUT2D eigenvalue weighted by atomic mass is 10.1. The second-order valence-electron chi connectivity index (χ2n) is 5.23. The van der Waals surface area contributed by atoms with Crippen molar-refractivity contribution in [2.45, 2.75) is 11.3 Å². The fraction of sp³-hybridized carbons (Fsp3) is 0.188. The van der Waals surface area contributed by atoms with Crippen LogP contribution in [0.3, 0.4) is 0 Å². The highest BCUT2D eigenvalue weighted by Gasteiger charge is 2.32. The Hall–Kier alpha value is -1.27. The number of rotatable bonds is 4. The van der Waals surface area contributed by atoms with Crippen LogP contribution in [0, 0.1) is 0 Å². The first kappa shape index (κ1) is 17.5. The van der Waals surface area contributed by atoms with E-state index in [1.165, 1.54) is 16.4 Å². The van der Waals surface area contributed by atoms with Gasteiger partial charge in [0.2, 0.25) is 0 Å². The molecule has 0 aromatic heterocycles. The van der Waals surface area contributed by atoms with Crippen LogP contribution in [0.1, 0.15) is 5.56 Å². The van der Waals surface area contributed by atoms with Gasteiger partial charge in [-0.25, -0.2) is 8.42 Å². The van der Waals surface area contributed by atoms with E-state index in [-0.39, 0.29) is 26.5 Å². The van der Waals surface area contributed by atoms with E-state index in [1.54, 1.807) is 0 Å². The van der Waals surface area contributed by atoms with Gasteiger partial charge in [-0.05, 0) is 17.7 Å². The first-order valence-corrected chi connectivity index (χ1v) is 9.71. The van der Waals surface area contributed by atoms with Crippen molar-refractivity contribution >= 4 is 50.7 Å². The molecule has 0 spiro atoms. The van der Waals surface area contributed by atoms with Gasteiger partial charge < -0.3 is 0 Å². The second kappa shape index (κ2) is 6.92. The fourth-order valence-electron chi connectivity index (χ4n) is 2.48. The highest BCUT2D eigenvalue weighted by Crippen LogP contribution is 2.33. The summed E-state index contributed by atoms with van der Waals surface area (Å²) in [5.74, 6) is 0.489. The van der Waals surface area contributed by atoms with Crippen molar-refractivity contribution in [3.05, 3.63) is 63.1 Å². The summed E-state index contributed by atoms with van der Waals surface area (Å²) >= 11 is 17.9. The maximum atomic E-state index is 13.0. The van der Waals surface area contributed by atoms with Gasteiger partial charge in [0, 0.05) is 6.42 Å². The second-order valence-corrected chi connectivity index (χ2v) is 8.29. The molecular weight excluding hydrogens is 391 g/mol. The molecule has 0 radical (unpaired) electrons. The van der Waals surface area contributed by atoms with Gasteiger partial charge in [-0.3, -0.25) is 9.30 Å². The minimum Gasteiger partial charge on any atom is -0.269 e. The minimum absolute atomic E-state index is 0.0374. The van der Waals surface area contributed by atoms with E-state index in [0.717, 1.165) is 5.56 Å². The molecule has 1 heterocycles. The van der Waals surface area contributed by atoms with E-state index in [1.807, 2.05) is 30.3 Å². The van der Waals surface area contributed by atoms with Crippen LogP contribution in [0.25, 0.3) is 0 Å². The zero-order valence-corrected chi connectivity index (χ0v) is 15.5. The molecule has 24 heavy (non-hydrogen) atoms. The number of nitrogens with zero attached hydrogens (tertiary/aromatic N) is 2. The third kappa shape index (κ3) is 3.40. The fourth-order valence-corrected chi connectivity index (χ4v) is 4.92. The largest absolute Gasteiger partial charge is 0.269 e. The topological polar surface area (TPSA) is 49.7 Å². The Morgan fingerprint density at radius 3 is 2.38 bits per heavy atom. The van der Waals surface area contributed by atoms with Gasteiger partial charge in [0.1, 0.15) is 10.7 Å². The van der Waals surface area contributed by atoms with Crippen molar-refractivity contribution in [3.63, 3.8) is 0 Å². The van der Waals surface area contributed by atoms with Gasteiger partial charge in [0.15, 0.2) is 0 Å². The van der Waals surface area contributed by atoms with Crippen LogP contribution in [0.15, 0.2) is 52.4 Å². The summed E-state index contributed by atoms with van der Waals surface area (Å²) in [5, 5.41) is 0.385. The maximum absolute atomic E-state index is 13.0. The quantitative estimate of drug-likeness (QED) is 0.715. The first-order valence-electron chi connectivity index (χ1n) is 7.14. The van der Waals surface area contributed by atoms with E-state index in [9.17, 15) is 8.42 Å². The molecule has 8 heteroatoms. The molecule has 0 N–H and O–H groups in total. The number of hydrogen-bond donors (Lipinski definition) is 0. The highest BCUT2D eigenvalue weighted by molar-refractivity contribution is 7.89. The summed E-state index contributed by atoms with van der Waals surface area (Å²) in [6, 6.07) is 12.2. The van der Waals surface area contributed by atoms with Gasteiger partial charge >= 0.3 is 0 Å². The van der Waals surface area contributed by atoms with Crippen molar-refractivity contribution in [3.8, 4) is 0 Å². The lowest BCUT2D eigenvalue weighted by molar-refractivity contribution is 0.535. The summed E-state index contributed by atoms with van der Waals surface area (Å²) in [5.41, 5.74) is 0.985. The van der Waals surface area contributed by atoms with E-state index < -0.39 is 10.0 Å². The lowest BCUT2D eigenvalue weighted by Gasteiger charge is -2.21. The van der Waals surface area contributed by atoms with Crippen LogP contribution in [0.2, 0.25) is 15.1 Å². The monoisotopic (exact) mass is 402 g/mol. The number of benzene rings is 2. The predicted molar refractivity (Wildman–Crippen MR) is 97.8 cm³/mol. The van der Waals surface area contributed by atoms with Gasteiger partial charge in [-0.1, -0.05) is 65.1 Å². The number of hydrogen-bond acceptors (Lipinski definition) is 3. The van der Waals surface area contributed by atoms with Crippen molar-refractivity contribution in [2.75, 3.05) is 13.1 Å². The van der Waals surface area contributed by atoms with Gasteiger partial charge in [0.25, 0.3) is 10.0 Å². The number of halogens is 3. The molecule has 2 aromatic carbocycles. The number of aliphatic imine (C=N–C) groups is 1. The van der Waals surface area contributed by atoms with Crippen molar-refractivity contribution in [1.82, 2.24) is 4.31 Å². The SMILES string of the molecule is O=S(=O)(c1cc(Cl)c(Cl)cc1Cl)N1CCN=C1Cc1ccccc1. The summed E-state index contributed by atoms with van der Waals surface area (Å²) in [6.45, 7) is 0.696. The van der Waals surface area contributed by atoms with E-state index in [4.69, 9.17) is 34.8 Å². The molecule has 4 nitrogen and oxygen atoms in total. The van der Waals surface area contributed by atoms with Crippen LogP contribution in [-0.2, 0) is 16.4 Å². The molecular formula is C16H13Cl3N2O2S. The van der Waals surface area contributed by atoms with Crippen LogP contribution in [-0.4, -0.2) is 31.6 Å². The van der Waals surface area contributed by atoms with Crippen molar-refractivity contribution < 1.29 is 8.42 Å². The number of sulfonamides is 1. The molecule has 1 aliphatic rings. The van der Waals surface area contributed by atoms with Crippen molar-refractivity contribution in [1.29, 1.82) is 0 Å². The van der Waals surface area contributed by atoms with Gasteiger partial charge in [0.05, 0.1) is 28.2 Å². The molecule has 0 saturated heterocycles. The zero-order chi connectivity index (χ0) is 17.3. The van der Waals surface area contributed by atoms with Crippen LogP contribution in [0.4, 0.5) is 0 Å². The Morgan fingerprint density at radius 2 is 1.67 bits per heavy atom. The van der Waals surface area contributed by atoms with Crippen LogP contribution in [0.5, 0.6) is 0 Å². The van der Waals surface area contributed by atoms with Crippen LogP contribution < -0.4 is 0 Å². The van der Waals surface area contributed by atoms with E-state index in [2.05, 4.69) is 4.99 Å². The molecule has 0 atom stereocenters. The molecule has 3 rings (SSSR count). The summed E-state index contributed by atoms with van der Waals surface area (Å²) < 4.78 is 27.2. The van der Waals surface area contributed by atoms with Crippen LogP contribution >= 0.6 is 34.8 Å². The molecule has 1 aliphatic heterocycles. The third-order valence-corrected chi connectivity index (χ3v) is 6.65. The molecule has 0 amide bonds. The van der Waals surface area contributed by atoms with Gasteiger partial charge in [-0.2, -0.15) is 0 Å². The lowest BCUT2D eigenvalue weighted by Crippen LogP contribution is -2.35. The molecule has 0 bridgehead atoms. The Morgan fingerprint density at radius 1 is 1.00 bits per heavy atom. The van der Waals surface area contributed by atoms with E-state index >= 15 is 0 Å². The van der Waals surface area contributed by atoms with Crippen molar-refractivity contribution in [2.24, 2.45) is 4.99 Å². The Kier molecular flexibility index (Phi) is 5.06. The Balaban J connectivity index is 1.95. The average molecular weight is 404 g/mol. The highest BCUT2D eigenvalue weighted by atomic mass is 35.5. The summed E-state index contributed by atoms with van der Waals surface area (Å²) in [6.07, 6.45) is 0.430. The van der Waals surface area contributed by atoms with Gasteiger partial charge in [-0.15, -0.1) is 0 Å². The Bertz CT molecular complexity index is 899.